The molecule has 0 aromatic heterocycles. The molecular formula is C52H72O4. The SMILES string of the molecule is COc1c2cc(C(C)(C)C)cc1C(C(C)C)c1cc(C(C)(C)C)cc(c1O)Cc1cc(C(C)(C)C)cc(c1OC)C(C(C)C)c1cc(C(C)(C)C)cc(c1O)C2. The molecule has 2 atom stereocenters. The monoisotopic (exact) mass is 761 g/mol. The summed E-state index contributed by atoms with van der Waals surface area (Å²) in [7, 11) is 3.53. The standard InChI is InChI=1S/C52H72O4/c1-29(2)43-39-25-35(49(5,6)7)21-31(45(39)53)19-34-24-38(52(14,15)16)28-42(48(34)56-18)44(30(3)4)40-26-36(50(8,9)10)22-32(46(40)54)20-33-23-37(51(11,12)13)27-41(43)47(33)55-17/h21-30,43-44,53-54H,19-20H2,1-18H3. The molecule has 0 saturated carbocycles. The first-order chi connectivity index (χ1) is 25.7. The highest BCUT2D eigenvalue weighted by molar-refractivity contribution is 5.62. The minimum absolute atomic E-state index is 0.126. The second-order valence-corrected chi connectivity index (χ2v) is 21.5. The summed E-state index contributed by atoms with van der Waals surface area (Å²) >= 11 is 0. The smallest absolute Gasteiger partial charge is 0.126 e. The molecule has 4 aromatic rings. The molecule has 4 aromatic carbocycles. The van der Waals surface area contributed by atoms with Gasteiger partial charge in [-0.05, 0) is 78.0 Å². The van der Waals surface area contributed by atoms with Crippen molar-refractivity contribution >= 4 is 0 Å². The van der Waals surface area contributed by atoms with Gasteiger partial charge in [-0.3, -0.25) is 0 Å². The Labute approximate surface area is 340 Å². The first kappa shape index (κ1) is 43.2. The van der Waals surface area contributed by atoms with E-state index >= 15 is 0 Å². The van der Waals surface area contributed by atoms with Crippen LogP contribution in [0, 0.1) is 11.8 Å². The van der Waals surface area contributed by atoms with Crippen LogP contribution in [0.2, 0.25) is 0 Å². The summed E-state index contributed by atoms with van der Waals surface area (Å²) < 4.78 is 13.0. The molecule has 4 heteroatoms. The lowest BCUT2D eigenvalue weighted by atomic mass is 9.73. The van der Waals surface area contributed by atoms with Gasteiger partial charge >= 0.3 is 0 Å². The number of hydrogen-bond donors (Lipinski definition) is 2. The van der Waals surface area contributed by atoms with Gasteiger partial charge in [0.05, 0.1) is 14.2 Å². The van der Waals surface area contributed by atoms with Gasteiger partial charge in [0.25, 0.3) is 0 Å². The second kappa shape index (κ2) is 15.1. The van der Waals surface area contributed by atoms with Gasteiger partial charge in [0.2, 0.25) is 0 Å². The summed E-state index contributed by atoms with van der Waals surface area (Å²) in [6.45, 7) is 36.0. The van der Waals surface area contributed by atoms with Crippen molar-refractivity contribution in [1.82, 2.24) is 0 Å². The highest BCUT2D eigenvalue weighted by atomic mass is 16.5. The molecule has 5 rings (SSSR count). The molecular weight excluding hydrogens is 689 g/mol. The maximum absolute atomic E-state index is 12.7. The van der Waals surface area contributed by atoms with E-state index in [0.29, 0.717) is 24.3 Å². The Hall–Kier alpha value is -3.92. The number of rotatable bonds is 4. The Bertz CT molecular complexity index is 1940. The molecule has 0 aliphatic heterocycles. The fourth-order valence-electron chi connectivity index (χ4n) is 8.74. The Balaban J connectivity index is 2.08. The molecule has 0 spiro atoms. The number of methoxy groups -OCH3 is 2. The van der Waals surface area contributed by atoms with Crippen molar-refractivity contribution in [2.24, 2.45) is 11.8 Å². The van der Waals surface area contributed by atoms with Crippen LogP contribution in [0.25, 0.3) is 0 Å². The van der Waals surface area contributed by atoms with Crippen LogP contribution in [0.15, 0.2) is 48.5 Å². The van der Waals surface area contributed by atoms with Gasteiger partial charge in [-0.1, -0.05) is 159 Å². The summed E-state index contributed by atoms with van der Waals surface area (Å²) in [5.41, 5.74) is 11.9. The zero-order valence-electron chi connectivity index (χ0n) is 38.1. The fourth-order valence-corrected chi connectivity index (χ4v) is 8.74. The van der Waals surface area contributed by atoms with Crippen molar-refractivity contribution in [2.75, 3.05) is 14.2 Å². The molecule has 2 N–H and O–H groups in total. The Kier molecular flexibility index (Phi) is 11.7. The Morgan fingerprint density at radius 3 is 0.911 bits per heavy atom. The van der Waals surface area contributed by atoms with E-state index in [-0.39, 0.29) is 45.3 Å². The van der Waals surface area contributed by atoms with Crippen LogP contribution >= 0.6 is 0 Å². The summed E-state index contributed by atoms with van der Waals surface area (Å²) in [5, 5.41) is 25.4. The Morgan fingerprint density at radius 2 is 0.679 bits per heavy atom. The third kappa shape index (κ3) is 8.37. The van der Waals surface area contributed by atoms with E-state index in [0.717, 1.165) is 56.0 Å². The predicted molar refractivity (Wildman–Crippen MR) is 236 cm³/mol. The van der Waals surface area contributed by atoms with Crippen LogP contribution in [0.4, 0.5) is 0 Å². The molecule has 1 aliphatic carbocycles. The zero-order chi connectivity index (χ0) is 42.0. The molecule has 0 radical (unpaired) electrons. The zero-order valence-corrected chi connectivity index (χ0v) is 38.1. The summed E-state index contributed by atoms with van der Waals surface area (Å²) in [6.07, 6.45) is 0.976. The lowest BCUT2D eigenvalue weighted by molar-refractivity contribution is 0.389. The summed E-state index contributed by atoms with van der Waals surface area (Å²) in [5.74, 6) is 2.20. The van der Waals surface area contributed by atoms with Crippen molar-refractivity contribution in [2.45, 2.75) is 157 Å². The largest absolute Gasteiger partial charge is 0.507 e. The lowest BCUT2D eigenvalue weighted by Crippen LogP contribution is -2.20. The van der Waals surface area contributed by atoms with Crippen LogP contribution in [-0.2, 0) is 34.5 Å². The Morgan fingerprint density at radius 1 is 0.429 bits per heavy atom. The van der Waals surface area contributed by atoms with Gasteiger partial charge in [-0.25, -0.2) is 0 Å². The van der Waals surface area contributed by atoms with Gasteiger partial charge < -0.3 is 19.7 Å². The van der Waals surface area contributed by atoms with Crippen molar-refractivity contribution < 1.29 is 19.7 Å². The lowest BCUT2D eigenvalue weighted by Gasteiger charge is -2.33. The third-order valence-corrected chi connectivity index (χ3v) is 12.1. The van der Waals surface area contributed by atoms with Gasteiger partial charge in [-0.2, -0.15) is 0 Å². The molecule has 4 nitrogen and oxygen atoms in total. The third-order valence-electron chi connectivity index (χ3n) is 12.1. The van der Waals surface area contributed by atoms with E-state index in [1.165, 1.54) is 22.3 Å². The average molecular weight is 761 g/mol. The van der Waals surface area contributed by atoms with E-state index in [2.05, 4.69) is 159 Å². The van der Waals surface area contributed by atoms with Crippen LogP contribution in [0.5, 0.6) is 23.0 Å². The van der Waals surface area contributed by atoms with Crippen molar-refractivity contribution in [1.29, 1.82) is 0 Å². The van der Waals surface area contributed by atoms with Crippen LogP contribution < -0.4 is 9.47 Å². The maximum atomic E-state index is 12.7. The van der Waals surface area contributed by atoms with Gasteiger partial charge in [-0.15, -0.1) is 0 Å². The normalized spacial score (nSPS) is 16.7. The van der Waals surface area contributed by atoms with Gasteiger partial charge in [0, 0.05) is 46.9 Å². The van der Waals surface area contributed by atoms with Crippen molar-refractivity contribution in [3.63, 3.8) is 0 Å². The number of aromatic hydroxyl groups is 2. The predicted octanol–water partition coefficient (Wildman–Crippen LogP) is 13.4. The second-order valence-electron chi connectivity index (χ2n) is 21.5. The minimum Gasteiger partial charge on any atom is -0.507 e. The van der Waals surface area contributed by atoms with Gasteiger partial charge in [0.15, 0.2) is 0 Å². The van der Waals surface area contributed by atoms with E-state index in [1.54, 1.807) is 14.2 Å². The molecule has 0 saturated heterocycles. The van der Waals surface area contributed by atoms with E-state index in [1.807, 2.05) is 0 Å². The van der Waals surface area contributed by atoms with E-state index in [9.17, 15) is 10.2 Å². The van der Waals surface area contributed by atoms with Crippen molar-refractivity contribution in [3.05, 3.63) is 115 Å². The molecule has 304 valence electrons. The first-order valence-corrected chi connectivity index (χ1v) is 20.8. The van der Waals surface area contributed by atoms with E-state index in [4.69, 9.17) is 9.47 Å². The van der Waals surface area contributed by atoms with Crippen molar-refractivity contribution in [3.8, 4) is 23.0 Å². The summed E-state index contributed by atoms with van der Waals surface area (Å²) in [4.78, 5) is 0. The number of fused-ring (bicyclic) bond motifs is 8. The summed E-state index contributed by atoms with van der Waals surface area (Å²) in [6, 6.07) is 18.1. The van der Waals surface area contributed by atoms with Crippen LogP contribution in [0.1, 0.15) is 189 Å². The highest BCUT2D eigenvalue weighted by Gasteiger charge is 2.35. The molecule has 0 heterocycles. The quantitative estimate of drug-likeness (QED) is 0.217. The minimum atomic E-state index is -0.172. The number of hydrogen-bond acceptors (Lipinski definition) is 4. The fraction of sp³-hybridized carbons (Fsp3) is 0.538. The first-order valence-electron chi connectivity index (χ1n) is 20.8. The average Bonchev–Trinajstić information content (AvgIpc) is 3.05. The topological polar surface area (TPSA) is 58.9 Å². The number of phenols is 2. The molecule has 0 amide bonds. The highest BCUT2D eigenvalue weighted by Crippen LogP contribution is 2.51. The molecule has 8 bridgehead atoms. The van der Waals surface area contributed by atoms with E-state index < -0.39 is 0 Å². The number of ether oxygens (including phenoxy) is 2. The van der Waals surface area contributed by atoms with Gasteiger partial charge in [0.1, 0.15) is 23.0 Å². The molecule has 1 aliphatic rings. The molecule has 0 fully saturated rings. The molecule has 56 heavy (non-hydrogen) atoms. The number of phenolic OH excluding ortho intramolecular Hbond substituents is 2. The number of benzene rings is 4. The molecule has 2 unspecified atom stereocenters. The maximum Gasteiger partial charge on any atom is 0.126 e. The van der Waals surface area contributed by atoms with Crippen LogP contribution in [0.3, 0.4) is 0 Å². The van der Waals surface area contributed by atoms with Crippen LogP contribution in [-0.4, -0.2) is 24.4 Å².